The van der Waals surface area contributed by atoms with Crippen LogP contribution in [0.1, 0.15) is 43.5 Å². The Morgan fingerprint density at radius 2 is 1.74 bits per heavy atom. The fourth-order valence-electron chi connectivity index (χ4n) is 2.44. The molecule has 0 radical (unpaired) electrons. The highest BCUT2D eigenvalue weighted by molar-refractivity contribution is 7.85. The number of carbonyl (C=O) groups excluding carboxylic acids is 2. The maximum atomic E-state index is 12.0. The first kappa shape index (κ1) is 17.7. The molecule has 5 nitrogen and oxygen atoms in total. The van der Waals surface area contributed by atoms with Gasteiger partial charge >= 0.3 is 5.97 Å². The van der Waals surface area contributed by atoms with Gasteiger partial charge in [0.1, 0.15) is 0 Å². The molecule has 2 rings (SSSR count). The largest absolute Gasteiger partial charge is 0.452 e. The van der Waals surface area contributed by atoms with E-state index in [4.69, 9.17) is 4.74 Å². The smallest absolute Gasteiger partial charge is 0.338 e. The second kappa shape index (κ2) is 8.24. The molecule has 1 aromatic carbocycles. The van der Waals surface area contributed by atoms with E-state index in [2.05, 4.69) is 0 Å². The van der Waals surface area contributed by atoms with Crippen LogP contribution in [0.3, 0.4) is 0 Å². The highest BCUT2D eigenvalue weighted by Gasteiger charge is 2.18. The standard InChI is InChI=1S/C17H23NO4S/c1-13(2)23(21)15-8-6-14(7-9-15)17(20)22-12-16(19)18-10-4-3-5-11-18/h6-9,13H,3-5,10-12H2,1-2H3/t23-/m0/s1. The molecular weight excluding hydrogens is 314 g/mol. The average Bonchev–Trinajstić information content (AvgIpc) is 2.59. The lowest BCUT2D eigenvalue weighted by molar-refractivity contribution is -0.135. The predicted molar refractivity (Wildman–Crippen MR) is 88.7 cm³/mol. The van der Waals surface area contributed by atoms with Gasteiger partial charge in [0.05, 0.1) is 16.4 Å². The molecule has 1 saturated heterocycles. The van der Waals surface area contributed by atoms with Gasteiger partial charge in [-0.3, -0.25) is 9.00 Å². The van der Waals surface area contributed by atoms with Crippen LogP contribution in [0.25, 0.3) is 0 Å². The highest BCUT2D eigenvalue weighted by Crippen LogP contribution is 2.13. The van der Waals surface area contributed by atoms with Crippen LogP contribution in [0.4, 0.5) is 0 Å². The molecule has 1 heterocycles. The summed E-state index contributed by atoms with van der Waals surface area (Å²) in [7, 11) is -1.08. The normalized spacial score (nSPS) is 16.2. The number of hydrogen-bond acceptors (Lipinski definition) is 4. The molecule has 126 valence electrons. The Bertz CT molecular complexity index is 577. The van der Waals surface area contributed by atoms with Crippen molar-refractivity contribution in [3.05, 3.63) is 29.8 Å². The Labute approximate surface area is 139 Å². The first-order valence-corrected chi connectivity index (χ1v) is 9.16. The van der Waals surface area contributed by atoms with Crippen molar-refractivity contribution in [1.82, 2.24) is 4.90 Å². The molecule has 1 fully saturated rings. The van der Waals surface area contributed by atoms with Crippen molar-refractivity contribution >= 4 is 22.7 Å². The van der Waals surface area contributed by atoms with Gasteiger partial charge in [0.25, 0.3) is 5.91 Å². The Kier molecular flexibility index (Phi) is 6.33. The summed E-state index contributed by atoms with van der Waals surface area (Å²) in [6.45, 7) is 5.02. The number of likely N-dealkylation sites (tertiary alicyclic amines) is 1. The minimum atomic E-state index is -1.08. The molecule has 0 N–H and O–H groups in total. The van der Waals surface area contributed by atoms with Crippen LogP contribution in [0, 0.1) is 0 Å². The van der Waals surface area contributed by atoms with E-state index in [1.165, 1.54) is 0 Å². The minimum Gasteiger partial charge on any atom is -0.452 e. The van der Waals surface area contributed by atoms with Gasteiger partial charge in [0.15, 0.2) is 6.61 Å². The Morgan fingerprint density at radius 1 is 1.13 bits per heavy atom. The van der Waals surface area contributed by atoms with E-state index in [-0.39, 0.29) is 17.8 Å². The zero-order valence-corrected chi connectivity index (χ0v) is 14.4. The molecule has 0 saturated carbocycles. The first-order valence-electron chi connectivity index (χ1n) is 7.94. The number of carbonyl (C=O) groups is 2. The second-order valence-corrected chi connectivity index (χ2v) is 7.90. The molecule has 0 aliphatic carbocycles. The Morgan fingerprint density at radius 3 is 2.30 bits per heavy atom. The summed E-state index contributed by atoms with van der Waals surface area (Å²) < 4.78 is 17.0. The van der Waals surface area contributed by atoms with Crippen molar-refractivity contribution in [2.45, 2.75) is 43.3 Å². The van der Waals surface area contributed by atoms with Crippen molar-refractivity contribution in [3.63, 3.8) is 0 Å². The van der Waals surface area contributed by atoms with Crippen molar-refractivity contribution < 1.29 is 18.5 Å². The van der Waals surface area contributed by atoms with Crippen molar-refractivity contribution in [2.75, 3.05) is 19.7 Å². The molecule has 1 amide bonds. The molecule has 0 bridgehead atoms. The van der Waals surface area contributed by atoms with Crippen LogP contribution in [-0.2, 0) is 20.3 Å². The minimum absolute atomic E-state index is 0.0231. The fourth-order valence-corrected chi connectivity index (χ4v) is 3.39. The lowest BCUT2D eigenvalue weighted by Crippen LogP contribution is -2.38. The molecule has 1 aliphatic heterocycles. The summed E-state index contributed by atoms with van der Waals surface area (Å²) in [4.78, 5) is 26.4. The fraction of sp³-hybridized carbons (Fsp3) is 0.529. The number of esters is 1. The molecule has 0 spiro atoms. The number of amides is 1. The Balaban J connectivity index is 1.88. The number of piperidine rings is 1. The van der Waals surface area contributed by atoms with Crippen LogP contribution in [0.15, 0.2) is 29.2 Å². The highest BCUT2D eigenvalue weighted by atomic mass is 32.2. The second-order valence-electron chi connectivity index (χ2n) is 5.89. The number of rotatable bonds is 5. The summed E-state index contributed by atoms with van der Waals surface area (Å²) in [6, 6.07) is 6.50. The van der Waals surface area contributed by atoms with Crippen molar-refractivity contribution in [2.24, 2.45) is 0 Å². The van der Waals surface area contributed by atoms with Gasteiger partial charge in [0.2, 0.25) is 0 Å². The van der Waals surface area contributed by atoms with E-state index in [0.717, 1.165) is 32.4 Å². The molecule has 1 atom stereocenters. The van der Waals surface area contributed by atoms with Crippen LogP contribution < -0.4 is 0 Å². The Hall–Kier alpha value is -1.69. The molecule has 6 heteroatoms. The molecule has 23 heavy (non-hydrogen) atoms. The summed E-state index contributed by atoms with van der Waals surface area (Å²) >= 11 is 0. The van der Waals surface area contributed by atoms with Gasteiger partial charge in [-0.2, -0.15) is 0 Å². The van der Waals surface area contributed by atoms with E-state index in [1.54, 1.807) is 29.2 Å². The molecule has 0 aromatic heterocycles. The van der Waals surface area contributed by atoms with E-state index in [0.29, 0.717) is 10.5 Å². The number of nitrogens with zero attached hydrogens (tertiary/aromatic N) is 1. The third-order valence-electron chi connectivity index (χ3n) is 3.79. The SMILES string of the molecule is CC(C)[S@](=O)c1ccc(C(=O)OCC(=O)N2CCCCC2)cc1. The zero-order valence-electron chi connectivity index (χ0n) is 13.6. The average molecular weight is 337 g/mol. The maximum absolute atomic E-state index is 12.0. The monoisotopic (exact) mass is 337 g/mol. The van der Waals surface area contributed by atoms with Gasteiger partial charge < -0.3 is 9.64 Å². The molecule has 1 aliphatic rings. The van der Waals surface area contributed by atoms with Gasteiger partial charge in [-0.05, 0) is 43.5 Å². The van der Waals surface area contributed by atoms with Crippen molar-refractivity contribution in [3.8, 4) is 0 Å². The molecule has 1 aromatic rings. The van der Waals surface area contributed by atoms with E-state index in [9.17, 15) is 13.8 Å². The van der Waals surface area contributed by atoms with Crippen LogP contribution in [-0.4, -0.2) is 45.9 Å². The summed E-state index contributed by atoms with van der Waals surface area (Å²) in [5.74, 6) is -0.673. The van der Waals surface area contributed by atoms with Crippen LogP contribution in [0.2, 0.25) is 0 Å². The topological polar surface area (TPSA) is 63.7 Å². The quantitative estimate of drug-likeness (QED) is 0.774. The van der Waals surface area contributed by atoms with Crippen LogP contribution >= 0.6 is 0 Å². The van der Waals surface area contributed by atoms with Crippen molar-refractivity contribution in [1.29, 1.82) is 0 Å². The number of hydrogen-bond donors (Lipinski definition) is 0. The van der Waals surface area contributed by atoms with E-state index < -0.39 is 16.8 Å². The van der Waals surface area contributed by atoms with Gasteiger partial charge in [-0.1, -0.05) is 13.8 Å². The van der Waals surface area contributed by atoms with Gasteiger partial charge in [0, 0.05) is 23.2 Å². The number of benzene rings is 1. The summed E-state index contributed by atoms with van der Waals surface area (Å²) in [6.07, 6.45) is 3.16. The third kappa shape index (κ3) is 4.89. The molecule has 0 unspecified atom stereocenters. The molecular formula is C17H23NO4S. The lowest BCUT2D eigenvalue weighted by atomic mass is 10.1. The van der Waals surface area contributed by atoms with Gasteiger partial charge in [-0.25, -0.2) is 4.79 Å². The predicted octanol–water partition coefficient (Wildman–Crippen LogP) is 2.37. The number of ether oxygens (including phenoxy) is 1. The summed E-state index contributed by atoms with van der Waals surface area (Å²) in [5, 5.41) is 0.0231. The lowest BCUT2D eigenvalue weighted by Gasteiger charge is -2.26. The van der Waals surface area contributed by atoms with E-state index in [1.807, 2.05) is 13.8 Å². The summed E-state index contributed by atoms with van der Waals surface area (Å²) in [5.41, 5.74) is 0.362. The maximum Gasteiger partial charge on any atom is 0.338 e. The third-order valence-corrected chi connectivity index (χ3v) is 5.38. The van der Waals surface area contributed by atoms with Crippen LogP contribution in [0.5, 0.6) is 0 Å². The van der Waals surface area contributed by atoms with E-state index >= 15 is 0 Å². The zero-order chi connectivity index (χ0) is 16.8. The van der Waals surface area contributed by atoms with Gasteiger partial charge in [-0.15, -0.1) is 0 Å². The first-order chi connectivity index (χ1) is 11.0.